The molecule has 4 heteroatoms. The molecule has 1 atom stereocenters. The second-order valence-corrected chi connectivity index (χ2v) is 3.28. The molecule has 0 fully saturated rings. The van der Waals surface area contributed by atoms with E-state index in [1.165, 1.54) is 6.92 Å². The minimum atomic E-state index is -1.23. The quantitative estimate of drug-likeness (QED) is 0.402. The van der Waals surface area contributed by atoms with E-state index in [4.69, 9.17) is 5.11 Å². The first-order valence-corrected chi connectivity index (χ1v) is 5.00. The van der Waals surface area contributed by atoms with Gasteiger partial charge in [-0.15, -0.1) is 0 Å². The van der Waals surface area contributed by atoms with Crippen LogP contribution in [0.4, 0.5) is 0 Å². The summed E-state index contributed by atoms with van der Waals surface area (Å²) < 4.78 is 4.36. The van der Waals surface area contributed by atoms with Gasteiger partial charge in [-0.05, 0) is 13.3 Å². The van der Waals surface area contributed by atoms with E-state index in [1.807, 2.05) is 0 Å². The number of carbonyl (C=O) groups excluding carboxylic acids is 2. The highest BCUT2D eigenvalue weighted by atomic mass is 16.6. The fourth-order valence-corrected chi connectivity index (χ4v) is 0.945. The van der Waals surface area contributed by atoms with Crippen LogP contribution >= 0.6 is 0 Å². The van der Waals surface area contributed by atoms with Gasteiger partial charge in [0.25, 0.3) is 0 Å². The van der Waals surface area contributed by atoms with Crippen molar-refractivity contribution in [3.63, 3.8) is 0 Å². The average molecular weight is 202 g/mol. The van der Waals surface area contributed by atoms with Crippen LogP contribution in [0, 0.1) is 0 Å². The highest BCUT2D eigenvalue weighted by Crippen LogP contribution is 2.03. The fraction of sp³-hybridized carbons (Fsp3) is 0.800. The van der Waals surface area contributed by atoms with E-state index in [0.717, 1.165) is 25.7 Å². The maximum atomic E-state index is 11.0. The Balaban J connectivity index is 3.51. The first-order chi connectivity index (χ1) is 6.57. The predicted molar refractivity (Wildman–Crippen MR) is 51.5 cm³/mol. The molecule has 0 saturated carbocycles. The van der Waals surface area contributed by atoms with Crippen molar-refractivity contribution in [2.75, 3.05) is 0 Å². The van der Waals surface area contributed by atoms with E-state index in [1.54, 1.807) is 0 Å². The number of unbranched alkanes of at least 4 members (excludes halogenated alkanes) is 3. The van der Waals surface area contributed by atoms with Crippen LogP contribution in [0.15, 0.2) is 0 Å². The molecule has 0 amide bonds. The van der Waals surface area contributed by atoms with Crippen molar-refractivity contribution in [2.24, 2.45) is 0 Å². The third-order valence-electron chi connectivity index (χ3n) is 1.79. The van der Waals surface area contributed by atoms with Crippen LogP contribution in [0.2, 0.25) is 0 Å². The van der Waals surface area contributed by atoms with Crippen molar-refractivity contribution in [2.45, 2.75) is 52.1 Å². The van der Waals surface area contributed by atoms with Crippen molar-refractivity contribution in [1.29, 1.82) is 0 Å². The fourth-order valence-electron chi connectivity index (χ4n) is 0.945. The van der Waals surface area contributed by atoms with Crippen LogP contribution in [0.25, 0.3) is 0 Å². The zero-order chi connectivity index (χ0) is 11.0. The minimum absolute atomic E-state index is 0.248. The van der Waals surface area contributed by atoms with Gasteiger partial charge in [-0.3, -0.25) is 4.79 Å². The lowest BCUT2D eigenvalue weighted by Crippen LogP contribution is -2.22. The van der Waals surface area contributed by atoms with E-state index in [-0.39, 0.29) is 6.42 Å². The summed E-state index contributed by atoms with van der Waals surface area (Å²) in [7, 11) is 0. The minimum Gasteiger partial charge on any atom is -0.391 e. The molecule has 82 valence electrons. The monoisotopic (exact) mass is 202 g/mol. The molecule has 0 aromatic carbocycles. The van der Waals surface area contributed by atoms with Gasteiger partial charge in [0.1, 0.15) is 6.10 Å². The first kappa shape index (κ1) is 13.1. The second-order valence-electron chi connectivity index (χ2n) is 3.28. The van der Waals surface area contributed by atoms with Crippen LogP contribution in [0.5, 0.6) is 0 Å². The van der Waals surface area contributed by atoms with Crippen molar-refractivity contribution in [1.82, 2.24) is 0 Å². The van der Waals surface area contributed by atoms with Gasteiger partial charge in [0, 0.05) is 6.42 Å². The lowest BCUT2D eigenvalue weighted by molar-refractivity contribution is -0.165. The molecular weight excluding hydrogens is 184 g/mol. The normalized spacial score (nSPS) is 12.2. The molecule has 0 aliphatic rings. The van der Waals surface area contributed by atoms with E-state index < -0.39 is 18.0 Å². The number of hydrogen-bond donors (Lipinski definition) is 1. The summed E-state index contributed by atoms with van der Waals surface area (Å²) in [5.74, 6) is -1.42. The van der Waals surface area contributed by atoms with E-state index in [9.17, 15) is 9.59 Å². The molecule has 0 rings (SSSR count). The molecular formula is C10H18O4. The first-order valence-electron chi connectivity index (χ1n) is 5.00. The van der Waals surface area contributed by atoms with E-state index in [2.05, 4.69) is 11.7 Å². The Bertz CT molecular complexity index is 187. The summed E-state index contributed by atoms with van der Waals surface area (Å²) in [6.45, 7) is 3.35. The number of rotatable bonds is 6. The van der Waals surface area contributed by atoms with Crippen LogP contribution in [0.1, 0.15) is 46.0 Å². The largest absolute Gasteiger partial charge is 0.391 e. The topological polar surface area (TPSA) is 63.6 Å². The van der Waals surface area contributed by atoms with Crippen molar-refractivity contribution < 1.29 is 19.4 Å². The summed E-state index contributed by atoms with van der Waals surface area (Å²) in [6.07, 6.45) is 2.90. The molecule has 14 heavy (non-hydrogen) atoms. The van der Waals surface area contributed by atoms with Crippen molar-refractivity contribution in [3.05, 3.63) is 0 Å². The SMILES string of the molecule is CCCCCCC(=O)OC(=O)C(C)O. The maximum Gasteiger partial charge on any atom is 0.342 e. The van der Waals surface area contributed by atoms with Crippen LogP contribution in [0.3, 0.4) is 0 Å². The standard InChI is InChI=1S/C10H18O4/c1-3-4-5-6-7-9(12)14-10(13)8(2)11/h8,11H,3-7H2,1-2H3. The van der Waals surface area contributed by atoms with Gasteiger partial charge in [0.05, 0.1) is 0 Å². The number of aliphatic hydroxyl groups is 1. The van der Waals surface area contributed by atoms with Gasteiger partial charge < -0.3 is 9.84 Å². The Morgan fingerprint density at radius 1 is 1.29 bits per heavy atom. The molecule has 0 heterocycles. The Hall–Kier alpha value is -0.900. The zero-order valence-electron chi connectivity index (χ0n) is 8.78. The molecule has 0 aromatic heterocycles. The molecule has 0 saturated heterocycles. The van der Waals surface area contributed by atoms with Crippen molar-refractivity contribution in [3.8, 4) is 0 Å². The Kier molecular flexibility index (Phi) is 7.02. The number of hydrogen-bond acceptors (Lipinski definition) is 4. The summed E-state index contributed by atoms with van der Waals surface area (Å²) in [5.41, 5.74) is 0. The predicted octanol–water partition coefficient (Wildman–Crippen LogP) is 1.41. The van der Waals surface area contributed by atoms with Gasteiger partial charge in [-0.1, -0.05) is 26.2 Å². The van der Waals surface area contributed by atoms with Crippen LogP contribution in [-0.4, -0.2) is 23.1 Å². The molecule has 1 N–H and O–H groups in total. The third-order valence-corrected chi connectivity index (χ3v) is 1.79. The van der Waals surface area contributed by atoms with Crippen LogP contribution in [-0.2, 0) is 14.3 Å². The van der Waals surface area contributed by atoms with Gasteiger partial charge in [-0.25, -0.2) is 4.79 Å². The zero-order valence-corrected chi connectivity index (χ0v) is 8.78. The summed E-state index contributed by atoms with van der Waals surface area (Å²) in [6, 6.07) is 0. The molecule has 0 spiro atoms. The van der Waals surface area contributed by atoms with Crippen LogP contribution < -0.4 is 0 Å². The molecule has 0 aromatic rings. The Labute approximate surface area is 84.3 Å². The van der Waals surface area contributed by atoms with Gasteiger partial charge in [-0.2, -0.15) is 0 Å². The van der Waals surface area contributed by atoms with E-state index in [0.29, 0.717) is 0 Å². The molecule has 0 radical (unpaired) electrons. The number of carbonyl (C=O) groups is 2. The highest BCUT2D eigenvalue weighted by molar-refractivity contribution is 5.87. The number of ether oxygens (including phenoxy) is 1. The third kappa shape index (κ3) is 6.60. The molecule has 0 aliphatic carbocycles. The number of esters is 2. The maximum absolute atomic E-state index is 11.0. The van der Waals surface area contributed by atoms with Gasteiger partial charge >= 0.3 is 11.9 Å². The smallest absolute Gasteiger partial charge is 0.342 e. The lowest BCUT2D eigenvalue weighted by atomic mass is 10.2. The van der Waals surface area contributed by atoms with Gasteiger partial charge in [0.2, 0.25) is 0 Å². The van der Waals surface area contributed by atoms with Gasteiger partial charge in [0.15, 0.2) is 0 Å². The second kappa shape index (κ2) is 7.50. The summed E-state index contributed by atoms with van der Waals surface area (Å²) >= 11 is 0. The number of aliphatic hydroxyl groups excluding tert-OH is 1. The Morgan fingerprint density at radius 2 is 1.93 bits per heavy atom. The Morgan fingerprint density at radius 3 is 2.43 bits per heavy atom. The molecule has 4 nitrogen and oxygen atoms in total. The molecule has 1 unspecified atom stereocenters. The summed E-state index contributed by atoms with van der Waals surface area (Å²) in [4.78, 5) is 21.7. The highest BCUT2D eigenvalue weighted by Gasteiger charge is 2.14. The lowest BCUT2D eigenvalue weighted by Gasteiger charge is -2.04. The average Bonchev–Trinajstić information content (AvgIpc) is 2.12. The molecule has 0 bridgehead atoms. The van der Waals surface area contributed by atoms with Crippen molar-refractivity contribution >= 4 is 11.9 Å². The summed E-state index contributed by atoms with van der Waals surface area (Å²) in [5, 5.41) is 8.75. The van der Waals surface area contributed by atoms with E-state index >= 15 is 0 Å². The molecule has 0 aliphatic heterocycles.